The van der Waals surface area contributed by atoms with Crippen LogP contribution in [-0.4, -0.2) is 16.1 Å². The molecule has 1 aromatic carbocycles. The summed E-state index contributed by atoms with van der Waals surface area (Å²) in [7, 11) is 0. The van der Waals surface area contributed by atoms with E-state index in [1.54, 1.807) is 12.1 Å². The van der Waals surface area contributed by atoms with Gasteiger partial charge in [0, 0.05) is 17.7 Å². The van der Waals surface area contributed by atoms with Crippen molar-refractivity contribution in [2.24, 2.45) is 0 Å². The molecular weight excluding hydrogens is 270 g/mol. The lowest BCUT2D eigenvalue weighted by molar-refractivity contribution is -0.383. The molecule has 0 amide bonds. The molecule has 1 aromatic heterocycles. The zero-order chi connectivity index (χ0) is 15.0. The Labute approximate surface area is 122 Å². The van der Waals surface area contributed by atoms with Crippen LogP contribution in [0, 0.1) is 24.0 Å². The van der Waals surface area contributed by atoms with E-state index in [0.717, 1.165) is 29.7 Å². The summed E-state index contributed by atoms with van der Waals surface area (Å²) in [5.74, 6) is 0.668. The molecule has 3 rings (SSSR count). The van der Waals surface area contributed by atoms with Crippen LogP contribution in [0.5, 0.6) is 0 Å². The van der Waals surface area contributed by atoms with E-state index in [1.165, 1.54) is 6.42 Å². The van der Waals surface area contributed by atoms with E-state index in [4.69, 9.17) is 4.52 Å². The smallest absolute Gasteiger partial charge is 0.292 e. The van der Waals surface area contributed by atoms with Crippen LogP contribution in [0.15, 0.2) is 22.7 Å². The van der Waals surface area contributed by atoms with Crippen molar-refractivity contribution < 1.29 is 9.45 Å². The summed E-state index contributed by atoms with van der Waals surface area (Å²) < 4.78 is 5.14. The molecule has 2 aromatic rings. The van der Waals surface area contributed by atoms with E-state index in [2.05, 4.69) is 10.5 Å². The number of nitro benzene ring substituents is 1. The summed E-state index contributed by atoms with van der Waals surface area (Å²) in [6.45, 7) is 3.64. The largest absolute Gasteiger partial charge is 0.377 e. The SMILES string of the molecule is Cc1noc(C)c1-c1ccc(NC2CCC2)c([N+](=O)[O-])c1. The molecule has 0 aliphatic heterocycles. The topological polar surface area (TPSA) is 81.2 Å². The molecule has 1 saturated carbocycles. The molecule has 6 heteroatoms. The van der Waals surface area contributed by atoms with Gasteiger partial charge in [0.1, 0.15) is 11.4 Å². The van der Waals surface area contributed by atoms with Gasteiger partial charge in [0.05, 0.1) is 10.6 Å². The Balaban J connectivity index is 2.00. The van der Waals surface area contributed by atoms with Crippen LogP contribution in [0.3, 0.4) is 0 Å². The number of anilines is 1. The van der Waals surface area contributed by atoms with Gasteiger partial charge in [-0.25, -0.2) is 0 Å². The first-order chi connectivity index (χ1) is 10.1. The summed E-state index contributed by atoms with van der Waals surface area (Å²) in [6.07, 6.45) is 3.33. The lowest BCUT2D eigenvalue weighted by atomic mass is 9.92. The van der Waals surface area contributed by atoms with Crippen molar-refractivity contribution in [3.05, 3.63) is 39.8 Å². The van der Waals surface area contributed by atoms with E-state index in [0.29, 0.717) is 17.5 Å². The average molecular weight is 287 g/mol. The van der Waals surface area contributed by atoms with Gasteiger partial charge in [-0.2, -0.15) is 0 Å². The summed E-state index contributed by atoms with van der Waals surface area (Å²) in [5, 5.41) is 18.5. The van der Waals surface area contributed by atoms with E-state index in [1.807, 2.05) is 19.9 Å². The van der Waals surface area contributed by atoms with Gasteiger partial charge in [0.25, 0.3) is 5.69 Å². The Morgan fingerprint density at radius 1 is 1.38 bits per heavy atom. The number of nitro groups is 1. The first-order valence-electron chi connectivity index (χ1n) is 7.04. The Bertz CT molecular complexity index is 670. The molecule has 6 nitrogen and oxygen atoms in total. The van der Waals surface area contributed by atoms with Crippen molar-refractivity contribution in [3.63, 3.8) is 0 Å². The number of nitrogens with one attached hydrogen (secondary N) is 1. The zero-order valence-corrected chi connectivity index (χ0v) is 12.0. The van der Waals surface area contributed by atoms with Crippen LogP contribution < -0.4 is 5.32 Å². The van der Waals surface area contributed by atoms with Crippen molar-refractivity contribution in [3.8, 4) is 11.1 Å². The minimum Gasteiger partial charge on any atom is -0.377 e. The molecule has 1 aliphatic carbocycles. The van der Waals surface area contributed by atoms with Gasteiger partial charge in [0.15, 0.2) is 0 Å². The van der Waals surface area contributed by atoms with E-state index >= 15 is 0 Å². The lowest BCUT2D eigenvalue weighted by Gasteiger charge is -2.27. The van der Waals surface area contributed by atoms with Crippen molar-refractivity contribution in [1.29, 1.82) is 0 Å². The summed E-state index contributed by atoms with van der Waals surface area (Å²) in [6, 6.07) is 5.60. The van der Waals surface area contributed by atoms with Gasteiger partial charge in [-0.05, 0) is 44.7 Å². The maximum absolute atomic E-state index is 11.3. The van der Waals surface area contributed by atoms with Crippen LogP contribution in [0.2, 0.25) is 0 Å². The normalized spacial score (nSPS) is 14.8. The molecule has 1 heterocycles. The van der Waals surface area contributed by atoms with Crippen LogP contribution in [0.25, 0.3) is 11.1 Å². The Kier molecular flexibility index (Phi) is 3.37. The van der Waals surface area contributed by atoms with Gasteiger partial charge in [0.2, 0.25) is 0 Å². The second-order valence-electron chi connectivity index (χ2n) is 5.46. The summed E-state index contributed by atoms with van der Waals surface area (Å²) in [5.41, 5.74) is 3.01. The quantitative estimate of drug-likeness (QED) is 0.682. The second-order valence-corrected chi connectivity index (χ2v) is 5.46. The minimum absolute atomic E-state index is 0.0967. The van der Waals surface area contributed by atoms with Crippen molar-refractivity contribution >= 4 is 11.4 Å². The molecule has 0 bridgehead atoms. The highest BCUT2D eigenvalue weighted by Crippen LogP contribution is 2.35. The van der Waals surface area contributed by atoms with Crippen molar-refractivity contribution in [2.75, 3.05) is 5.32 Å². The predicted octanol–water partition coefficient (Wildman–Crippen LogP) is 3.83. The minimum atomic E-state index is -0.345. The summed E-state index contributed by atoms with van der Waals surface area (Å²) >= 11 is 0. The fourth-order valence-corrected chi connectivity index (χ4v) is 2.63. The maximum atomic E-state index is 11.3. The number of rotatable bonds is 4. The maximum Gasteiger partial charge on any atom is 0.292 e. The number of nitrogens with zero attached hydrogens (tertiary/aromatic N) is 2. The fourth-order valence-electron chi connectivity index (χ4n) is 2.63. The fraction of sp³-hybridized carbons (Fsp3) is 0.400. The lowest BCUT2D eigenvalue weighted by Crippen LogP contribution is -2.27. The highest BCUT2D eigenvalue weighted by molar-refractivity contribution is 5.75. The summed E-state index contributed by atoms with van der Waals surface area (Å²) in [4.78, 5) is 11.0. The van der Waals surface area contributed by atoms with Gasteiger partial charge >= 0.3 is 0 Å². The van der Waals surface area contributed by atoms with Crippen molar-refractivity contribution in [1.82, 2.24) is 5.16 Å². The molecule has 0 saturated heterocycles. The van der Waals surface area contributed by atoms with Crippen LogP contribution in [-0.2, 0) is 0 Å². The molecule has 1 N–H and O–H groups in total. The molecule has 110 valence electrons. The van der Waals surface area contributed by atoms with Gasteiger partial charge < -0.3 is 9.84 Å². The van der Waals surface area contributed by atoms with Crippen LogP contribution >= 0.6 is 0 Å². The number of hydrogen-bond acceptors (Lipinski definition) is 5. The molecule has 1 aliphatic rings. The number of hydrogen-bond donors (Lipinski definition) is 1. The number of aryl methyl sites for hydroxylation is 2. The second kappa shape index (κ2) is 5.20. The third-order valence-corrected chi connectivity index (χ3v) is 3.98. The Hall–Kier alpha value is -2.37. The first kappa shape index (κ1) is 13.6. The standard InChI is InChI=1S/C15H17N3O3/c1-9-15(10(2)21-17-9)11-6-7-13(14(8-11)18(19)20)16-12-4-3-5-12/h6-8,12,16H,3-5H2,1-2H3. The Morgan fingerprint density at radius 3 is 2.67 bits per heavy atom. The third kappa shape index (κ3) is 2.49. The predicted molar refractivity (Wildman–Crippen MR) is 79.3 cm³/mol. The molecule has 1 fully saturated rings. The highest BCUT2D eigenvalue weighted by Gasteiger charge is 2.23. The van der Waals surface area contributed by atoms with Gasteiger partial charge in [-0.3, -0.25) is 10.1 Å². The molecule has 0 unspecified atom stereocenters. The van der Waals surface area contributed by atoms with Crippen molar-refractivity contribution in [2.45, 2.75) is 39.2 Å². The first-order valence-corrected chi connectivity index (χ1v) is 7.04. The van der Waals surface area contributed by atoms with Crippen LogP contribution in [0.1, 0.15) is 30.7 Å². The van der Waals surface area contributed by atoms with E-state index in [-0.39, 0.29) is 10.6 Å². The molecule has 0 radical (unpaired) electrons. The zero-order valence-electron chi connectivity index (χ0n) is 12.0. The molecule has 0 atom stereocenters. The highest BCUT2D eigenvalue weighted by atomic mass is 16.6. The monoisotopic (exact) mass is 287 g/mol. The average Bonchev–Trinajstić information content (AvgIpc) is 2.73. The third-order valence-electron chi connectivity index (χ3n) is 3.98. The van der Waals surface area contributed by atoms with E-state index in [9.17, 15) is 10.1 Å². The molecule has 21 heavy (non-hydrogen) atoms. The number of benzene rings is 1. The van der Waals surface area contributed by atoms with Crippen LogP contribution in [0.4, 0.5) is 11.4 Å². The van der Waals surface area contributed by atoms with Gasteiger partial charge in [-0.15, -0.1) is 0 Å². The molecular formula is C15H17N3O3. The number of aromatic nitrogens is 1. The molecule has 0 spiro atoms. The van der Waals surface area contributed by atoms with Gasteiger partial charge in [-0.1, -0.05) is 11.2 Å². The van der Waals surface area contributed by atoms with E-state index < -0.39 is 0 Å². The Morgan fingerprint density at radius 2 is 2.14 bits per heavy atom.